The van der Waals surface area contributed by atoms with E-state index in [9.17, 15) is 9.18 Å². The summed E-state index contributed by atoms with van der Waals surface area (Å²) in [5, 5.41) is 8.92. The molecule has 1 aromatic rings. The lowest BCUT2D eigenvalue weighted by Gasteiger charge is -2.30. The summed E-state index contributed by atoms with van der Waals surface area (Å²) in [6, 6.07) is 4.65. The summed E-state index contributed by atoms with van der Waals surface area (Å²) in [5.41, 5.74) is 0.906. The second-order valence-electron chi connectivity index (χ2n) is 4.62. The third-order valence-electron chi connectivity index (χ3n) is 3.34. The van der Waals surface area contributed by atoms with Gasteiger partial charge in [-0.2, -0.15) is 0 Å². The number of hydrogen-bond acceptors (Lipinski definition) is 2. The van der Waals surface area contributed by atoms with E-state index in [1.54, 1.807) is 6.07 Å². The van der Waals surface area contributed by atoms with Gasteiger partial charge in [0.15, 0.2) is 0 Å². The first-order valence-electron chi connectivity index (χ1n) is 5.95. The molecular weight excluding hydrogens is 337 g/mol. The molecule has 19 heavy (non-hydrogen) atoms. The predicted molar refractivity (Wildman–Crippen MR) is 77.0 cm³/mol. The number of carbonyl (C=O) groups is 1. The van der Waals surface area contributed by atoms with E-state index in [4.69, 9.17) is 5.11 Å². The van der Waals surface area contributed by atoms with E-state index in [1.165, 1.54) is 12.1 Å². The fraction of sp³-hybridized carbons (Fsp3) is 0.462. The second-order valence-corrected chi connectivity index (χ2v) is 5.48. The third kappa shape index (κ3) is 4.44. The third-order valence-corrected chi connectivity index (χ3v) is 4.11. The van der Waals surface area contributed by atoms with E-state index >= 15 is 0 Å². The minimum Gasteiger partial charge on any atom is -0.481 e. The van der Waals surface area contributed by atoms with E-state index < -0.39 is 5.97 Å². The summed E-state index contributed by atoms with van der Waals surface area (Å²) in [6.45, 7) is 2.16. The summed E-state index contributed by atoms with van der Waals surface area (Å²) in [4.78, 5) is 13.0. The van der Waals surface area contributed by atoms with Crippen molar-refractivity contribution in [2.75, 3.05) is 13.1 Å². The Labute approximate surface area is 126 Å². The number of halogens is 3. The molecule has 0 atom stereocenters. The van der Waals surface area contributed by atoms with Gasteiger partial charge in [-0.05, 0) is 49.7 Å². The van der Waals surface area contributed by atoms with Crippen LogP contribution in [0, 0.1) is 11.7 Å². The van der Waals surface area contributed by atoms with Crippen molar-refractivity contribution in [2.45, 2.75) is 19.4 Å². The number of rotatable bonds is 3. The molecule has 3 nitrogen and oxygen atoms in total. The van der Waals surface area contributed by atoms with Crippen molar-refractivity contribution in [1.29, 1.82) is 0 Å². The Morgan fingerprint density at radius 3 is 2.63 bits per heavy atom. The highest BCUT2D eigenvalue weighted by atomic mass is 79.9. The highest BCUT2D eigenvalue weighted by Crippen LogP contribution is 2.23. The van der Waals surface area contributed by atoms with Crippen molar-refractivity contribution in [3.8, 4) is 0 Å². The van der Waals surface area contributed by atoms with Crippen LogP contribution >= 0.6 is 28.3 Å². The van der Waals surface area contributed by atoms with Gasteiger partial charge in [-0.1, -0.05) is 15.9 Å². The Balaban J connectivity index is 0.00000180. The van der Waals surface area contributed by atoms with Gasteiger partial charge in [0.25, 0.3) is 0 Å². The van der Waals surface area contributed by atoms with Gasteiger partial charge in [-0.15, -0.1) is 12.4 Å². The largest absolute Gasteiger partial charge is 0.481 e. The van der Waals surface area contributed by atoms with E-state index in [0.29, 0.717) is 19.4 Å². The molecule has 0 aliphatic carbocycles. The molecule has 1 N–H and O–H groups in total. The molecule has 0 bridgehead atoms. The van der Waals surface area contributed by atoms with Gasteiger partial charge in [0.1, 0.15) is 5.82 Å². The molecule has 1 fully saturated rings. The number of likely N-dealkylation sites (tertiary alicyclic amines) is 1. The van der Waals surface area contributed by atoms with Gasteiger partial charge in [-0.25, -0.2) is 4.39 Å². The molecular formula is C13H16BrClFNO2. The molecule has 0 spiro atoms. The van der Waals surface area contributed by atoms with Crippen LogP contribution < -0.4 is 0 Å². The average molecular weight is 353 g/mol. The number of carboxylic acid groups (broad SMARTS) is 1. The molecule has 0 radical (unpaired) electrons. The molecule has 1 aliphatic rings. The van der Waals surface area contributed by atoms with Gasteiger partial charge in [0.05, 0.1) is 5.92 Å². The number of aliphatic carboxylic acids is 1. The molecule has 106 valence electrons. The fourth-order valence-electron chi connectivity index (χ4n) is 2.24. The smallest absolute Gasteiger partial charge is 0.306 e. The number of hydrogen-bond donors (Lipinski definition) is 1. The van der Waals surface area contributed by atoms with Gasteiger partial charge in [0, 0.05) is 11.0 Å². The van der Waals surface area contributed by atoms with Crippen LogP contribution in [0.1, 0.15) is 18.4 Å². The lowest BCUT2D eigenvalue weighted by atomic mass is 9.97. The van der Waals surface area contributed by atoms with Crippen LogP contribution in [-0.4, -0.2) is 29.1 Å². The molecule has 1 aliphatic heterocycles. The first kappa shape index (κ1) is 16.4. The Morgan fingerprint density at radius 2 is 2.05 bits per heavy atom. The van der Waals surface area contributed by atoms with Crippen LogP contribution in [-0.2, 0) is 11.3 Å². The second kappa shape index (κ2) is 7.22. The summed E-state index contributed by atoms with van der Waals surface area (Å²) in [7, 11) is 0. The summed E-state index contributed by atoms with van der Waals surface area (Å²) in [6.07, 6.45) is 1.34. The minimum absolute atomic E-state index is 0. The van der Waals surface area contributed by atoms with Gasteiger partial charge < -0.3 is 5.11 Å². The molecule has 1 aromatic carbocycles. The zero-order valence-corrected chi connectivity index (χ0v) is 12.7. The first-order valence-corrected chi connectivity index (χ1v) is 6.74. The first-order chi connectivity index (χ1) is 8.56. The van der Waals surface area contributed by atoms with Crippen LogP contribution in [0.4, 0.5) is 4.39 Å². The highest BCUT2D eigenvalue weighted by Gasteiger charge is 2.24. The molecule has 2 rings (SSSR count). The van der Waals surface area contributed by atoms with Crippen molar-refractivity contribution >= 4 is 34.3 Å². The Hall–Kier alpha value is -0.650. The van der Waals surface area contributed by atoms with E-state index in [2.05, 4.69) is 20.8 Å². The Kier molecular flexibility index (Phi) is 6.23. The maximum absolute atomic E-state index is 13.2. The van der Waals surface area contributed by atoms with Crippen molar-refractivity contribution in [1.82, 2.24) is 4.90 Å². The number of carboxylic acids is 1. The predicted octanol–water partition coefficient (Wildman–Crippen LogP) is 3.31. The standard InChI is InChI=1S/C13H15BrFNO2.ClH/c14-12-2-1-11(15)7-10(12)8-16-5-3-9(4-6-16)13(17)18;/h1-2,7,9H,3-6,8H2,(H,17,18);1H. The number of piperidine rings is 1. The van der Waals surface area contributed by atoms with Gasteiger partial charge in [-0.3, -0.25) is 9.69 Å². The van der Waals surface area contributed by atoms with E-state index in [0.717, 1.165) is 23.1 Å². The Morgan fingerprint density at radius 1 is 1.42 bits per heavy atom. The summed E-state index contributed by atoms with van der Waals surface area (Å²) in [5.74, 6) is -1.17. The van der Waals surface area contributed by atoms with Gasteiger partial charge >= 0.3 is 5.97 Å². The minimum atomic E-state index is -0.707. The van der Waals surface area contributed by atoms with Crippen LogP contribution in [0.15, 0.2) is 22.7 Å². The topological polar surface area (TPSA) is 40.5 Å². The SMILES string of the molecule is Cl.O=C(O)C1CCN(Cc2cc(F)ccc2Br)CC1. The fourth-order valence-corrected chi connectivity index (χ4v) is 2.62. The van der Waals surface area contributed by atoms with Gasteiger partial charge in [0.2, 0.25) is 0 Å². The summed E-state index contributed by atoms with van der Waals surface area (Å²) >= 11 is 3.40. The lowest BCUT2D eigenvalue weighted by molar-refractivity contribution is -0.143. The van der Waals surface area contributed by atoms with Crippen molar-refractivity contribution in [2.24, 2.45) is 5.92 Å². The van der Waals surface area contributed by atoms with E-state index in [1.807, 2.05) is 0 Å². The van der Waals surface area contributed by atoms with Crippen LogP contribution in [0.3, 0.4) is 0 Å². The average Bonchev–Trinajstić information content (AvgIpc) is 2.34. The zero-order valence-electron chi connectivity index (χ0n) is 10.3. The number of benzene rings is 1. The Bertz CT molecular complexity index is 450. The van der Waals surface area contributed by atoms with Crippen LogP contribution in [0.25, 0.3) is 0 Å². The molecule has 0 unspecified atom stereocenters. The van der Waals surface area contributed by atoms with Crippen LogP contribution in [0.2, 0.25) is 0 Å². The lowest BCUT2D eigenvalue weighted by Crippen LogP contribution is -2.35. The molecule has 0 aromatic heterocycles. The van der Waals surface area contributed by atoms with Crippen molar-refractivity contribution < 1.29 is 14.3 Å². The van der Waals surface area contributed by atoms with Crippen molar-refractivity contribution in [3.63, 3.8) is 0 Å². The molecule has 1 saturated heterocycles. The maximum atomic E-state index is 13.2. The monoisotopic (exact) mass is 351 g/mol. The molecule has 0 amide bonds. The van der Waals surface area contributed by atoms with E-state index in [-0.39, 0.29) is 24.1 Å². The molecule has 6 heteroatoms. The maximum Gasteiger partial charge on any atom is 0.306 e. The highest BCUT2D eigenvalue weighted by molar-refractivity contribution is 9.10. The zero-order chi connectivity index (χ0) is 13.1. The quantitative estimate of drug-likeness (QED) is 0.907. The number of nitrogens with zero attached hydrogens (tertiary/aromatic N) is 1. The van der Waals surface area contributed by atoms with Crippen LogP contribution in [0.5, 0.6) is 0 Å². The van der Waals surface area contributed by atoms with Crippen molar-refractivity contribution in [3.05, 3.63) is 34.1 Å². The summed E-state index contributed by atoms with van der Waals surface area (Å²) < 4.78 is 14.0. The molecule has 0 saturated carbocycles. The normalized spacial score (nSPS) is 16.9. The molecule has 1 heterocycles.